The molecule has 0 aliphatic rings. The topological polar surface area (TPSA) is 41.5 Å². The van der Waals surface area contributed by atoms with Crippen LogP contribution in [0.25, 0.3) is 0 Å². The van der Waals surface area contributed by atoms with Crippen LogP contribution in [-0.4, -0.2) is 24.4 Å². The van der Waals surface area contributed by atoms with Crippen LogP contribution in [0.1, 0.15) is 41.6 Å². The minimum atomic E-state index is -0.537. The van der Waals surface area contributed by atoms with Crippen LogP contribution in [0.3, 0.4) is 0 Å². The van der Waals surface area contributed by atoms with Gasteiger partial charge in [0.2, 0.25) is 0 Å². The Hall–Kier alpha value is -1.55. The van der Waals surface area contributed by atoms with Gasteiger partial charge in [-0.25, -0.2) is 0 Å². The van der Waals surface area contributed by atoms with Gasteiger partial charge in [-0.05, 0) is 56.0 Å². The van der Waals surface area contributed by atoms with Crippen LogP contribution in [0.4, 0.5) is 0 Å². The lowest BCUT2D eigenvalue weighted by atomic mass is 10.0. The lowest BCUT2D eigenvalue weighted by Gasteiger charge is -2.20. The maximum Gasteiger partial charge on any atom is 0.119 e. The summed E-state index contributed by atoms with van der Waals surface area (Å²) in [6.07, 6.45) is 0.443. The van der Waals surface area contributed by atoms with Crippen molar-refractivity contribution < 1.29 is 9.84 Å². The zero-order valence-corrected chi connectivity index (χ0v) is 16.4. The number of hydrogen-bond acceptors (Lipinski definition) is 3. The average Bonchev–Trinajstić information content (AvgIpc) is 2.54. The van der Waals surface area contributed by atoms with E-state index in [9.17, 15) is 5.11 Å². The molecule has 0 radical (unpaired) electrons. The third-order valence-corrected chi connectivity index (χ3v) is 4.13. The molecule has 3 nitrogen and oxygen atoms in total. The second-order valence-electron chi connectivity index (χ2n) is 6.57. The highest BCUT2D eigenvalue weighted by molar-refractivity contribution is 5.85. The maximum absolute atomic E-state index is 10.2. The van der Waals surface area contributed by atoms with Gasteiger partial charge in [-0.3, -0.25) is 0 Å². The molecule has 0 aliphatic carbocycles. The van der Waals surface area contributed by atoms with Crippen LogP contribution in [0.15, 0.2) is 42.5 Å². The largest absolute Gasteiger partial charge is 0.491 e. The first-order valence-electron chi connectivity index (χ1n) is 8.67. The Morgan fingerprint density at radius 1 is 0.960 bits per heavy atom. The molecule has 2 atom stereocenters. The number of benzene rings is 2. The number of rotatable bonds is 8. The number of hydrogen-bond donors (Lipinski definition) is 2. The third kappa shape index (κ3) is 7.07. The smallest absolute Gasteiger partial charge is 0.119 e. The Morgan fingerprint density at radius 3 is 2.12 bits per heavy atom. The summed E-state index contributed by atoms with van der Waals surface area (Å²) in [6, 6.07) is 14.9. The molecule has 0 aromatic heterocycles. The third-order valence-electron chi connectivity index (χ3n) is 4.13. The van der Waals surface area contributed by atoms with E-state index >= 15 is 0 Å². The summed E-state index contributed by atoms with van der Waals surface area (Å²) in [5.74, 6) is 0.817. The van der Waals surface area contributed by atoms with Gasteiger partial charge in [0.15, 0.2) is 0 Å². The van der Waals surface area contributed by atoms with E-state index in [-0.39, 0.29) is 18.4 Å². The zero-order chi connectivity index (χ0) is 17.5. The number of ether oxygens (including phenoxy) is 1. The lowest BCUT2D eigenvalue weighted by molar-refractivity contribution is 0.103. The molecule has 2 aromatic carbocycles. The van der Waals surface area contributed by atoms with Crippen molar-refractivity contribution in [1.82, 2.24) is 5.32 Å². The molecule has 0 saturated carbocycles. The average molecular weight is 364 g/mol. The van der Waals surface area contributed by atoms with E-state index in [1.165, 1.54) is 22.3 Å². The first-order valence-corrected chi connectivity index (χ1v) is 8.67. The predicted molar refractivity (Wildman–Crippen MR) is 107 cm³/mol. The van der Waals surface area contributed by atoms with Gasteiger partial charge in [-0.15, -0.1) is 12.4 Å². The molecular weight excluding hydrogens is 334 g/mol. The molecule has 0 aliphatic heterocycles. The normalized spacial score (nSPS) is 13.0. The summed E-state index contributed by atoms with van der Waals surface area (Å²) in [4.78, 5) is 0. The van der Waals surface area contributed by atoms with Crippen LogP contribution in [-0.2, 0) is 0 Å². The van der Waals surface area contributed by atoms with Crippen LogP contribution >= 0.6 is 12.4 Å². The summed E-state index contributed by atoms with van der Waals surface area (Å²) >= 11 is 0. The van der Waals surface area contributed by atoms with Crippen molar-refractivity contribution in [3.05, 3.63) is 64.7 Å². The van der Waals surface area contributed by atoms with E-state index in [0.29, 0.717) is 13.2 Å². The van der Waals surface area contributed by atoms with E-state index in [4.69, 9.17) is 4.74 Å². The van der Waals surface area contributed by atoms with Gasteiger partial charge in [-0.1, -0.05) is 42.8 Å². The molecule has 2 N–H and O–H groups in total. The van der Waals surface area contributed by atoms with Crippen molar-refractivity contribution >= 4 is 12.4 Å². The number of halogens is 1. The number of aliphatic hydroxyl groups excluding tert-OH is 1. The van der Waals surface area contributed by atoms with E-state index in [0.717, 1.165) is 12.2 Å². The number of aliphatic hydroxyl groups is 1. The van der Waals surface area contributed by atoms with Gasteiger partial charge in [-0.2, -0.15) is 0 Å². The molecule has 0 fully saturated rings. The van der Waals surface area contributed by atoms with Gasteiger partial charge >= 0.3 is 0 Å². The number of aryl methyl sites for hydroxylation is 3. The highest BCUT2D eigenvalue weighted by atomic mass is 35.5. The first kappa shape index (κ1) is 21.5. The van der Waals surface area contributed by atoms with E-state index in [2.05, 4.69) is 49.5 Å². The maximum atomic E-state index is 10.2. The van der Waals surface area contributed by atoms with Crippen LogP contribution in [0.5, 0.6) is 5.75 Å². The van der Waals surface area contributed by atoms with Crippen LogP contribution in [0.2, 0.25) is 0 Å². The fourth-order valence-corrected chi connectivity index (χ4v) is 2.84. The summed E-state index contributed by atoms with van der Waals surface area (Å²) in [5, 5.41) is 13.6. The molecule has 0 heterocycles. The molecule has 0 spiro atoms. The molecule has 138 valence electrons. The Morgan fingerprint density at radius 2 is 1.56 bits per heavy atom. The standard InChI is InChI=1S/C21H29NO2.ClH/c1-5-21(18-8-6-15(2)7-9-18)22-13-19(23)14-24-20-11-16(3)10-17(4)12-20;/h6-12,19,21-23H,5,13-14H2,1-4H3;1H. The van der Waals surface area contributed by atoms with Gasteiger partial charge in [0.05, 0.1) is 0 Å². The molecule has 0 bridgehead atoms. The van der Waals surface area contributed by atoms with Gasteiger partial charge in [0.1, 0.15) is 18.5 Å². The fourth-order valence-electron chi connectivity index (χ4n) is 2.84. The summed E-state index contributed by atoms with van der Waals surface area (Å²) in [6.45, 7) is 9.14. The molecule has 2 rings (SSSR count). The number of nitrogens with one attached hydrogen (secondary N) is 1. The Balaban J connectivity index is 0.00000312. The minimum absolute atomic E-state index is 0. The van der Waals surface area contributed by atoms with Crippen LogP contribution < -0.4 is 10.1 Å². The zero-order valence-electron chi connectivity index (χ0n) is 15.6. The van der Waals surface area contributed by atoms with Crippen molar-refractivity contribution in [2.45, 2.75) is 46.3 Å². The van der Waals surface area contributed by atoms with Crippen molar-refractivity contribution in [2.75, 3.05) is 13.2 Å². The second kappa shape index (κ2) is 10.4. The van der Waals surface area contributed by atoms with Crippen molar-refractivity contribution in [3.63, 3.8) is 0 Å². The van der Waals surface area contributed by atoms with Crippen LogP contribution in [0, 0.1) is 20.8 Å². The monoisotopic (exact) mass is 363 g/mol. The van der Waals surface area contributed by atoms with Crippen molar-refractivity contribution in [3.8, 4) is 5.75 Å². The molecule has 2 aromatic rings. The molecule has 4 heteroatoms. The van der Waals surface area contributed by atoms with Gasteiger partial charge in [0, 0.05) is 12.6 Å². The molecule has 0 amide bonds. The Kier molecular flexibility index (Phi) is 8.98. The van der Waals surface area contributed by atoms with Gasteiger partial charge in [0.25, 0.3) is 0 Å². The van der Waals surface area contributed by atoms with Crippen molar-refractivity contribution in [2.24, 2.45) is 0 Å². The highest BCUT2D eigenvalue weighted by Crippen LogP contribution is 2.18. The first-order chi connectivity index (χ1) is 11.5. The lowest BCUT2D eigenvalue weighted by Crippen LogP contribution is -2.33. The molecule has 25 heavy (non-hydrogen) atoms. The quantitative estimate of drug-likeness (QED) is 0.724. The highest BCUT2D eigenvalue weighted by Gasteiger charge is 2.12. The summed E-state index contributed by atoms with van der Waals surface area (Å²) < 4.78 is 5.73. The minimum Gasteiger partial charge on any atom is -0.491 e. The van der Waals surface area contributed by atoms with Crippen molar-refractivity contribution in [1.29, 1.82) is 0 Å². The molecule has 2 unspecified atom stereocenters. The SMILES string of the molecule is CCC(NCC(O)COc1cc(C)cc(C)c1)c1ccc(C)cc1.Cl. The summed E-state index contributed by atoms with van der Waals surface area (Å²) in [7, 11) is 0. The predicted octanol–water partition coefficient (Wildman–Crippen LogP) is 4.51. The van der Waals surface area contributed by atoms with Gasteiger partial charge < -0.3 is 15.2 Å². The van der Waals surface area contributed by atoms with E-state index < -0.39 is 6.10 Å². The Labute approximate surface area is 157 Å². The Bertz CT molecular complexity index is 623. The summed E-state index contributed by atoms with van der Waals surface area (Å²) in [5.41, 5.74) is 4.85. The second-order valence-corrected chi connectivity index (χ2v) is 6.57. The van der Waals surface area contributed by atoms with E-state index in [1.807, 2.05) is 26.0 Å². The molecular formula is C21H30ClNO2. The van der Waals surface area contributed by atoms with E-state index in [1.54, 1.807) is 0 Å². The molecule has 0 saturated heterocycles. The fraction of sp³-hybridized carbons (Fsp3) is 0.429.